The monoisotopic (exact) mass is 245 g/mol. The van der Waals surface area contributed by atoms with E-state index in [2.05, 4.69) is 15.0 Å². The number of aromatic nitrogens is 2. The highest BCUT2D eigenvalue weighted by Crippen LogP contribution is 2.14. The molecular weight excluding hydrogens is 239 g/mol. The van der Waals surface area contributed by atoms with Crippen molar-refractivity contribution in [2.75, 3.05) is 6.61 Å². The predicted octanol–water partition coefficient (Wildman–Crippen LogP) is 0.182. The fraction of sp³-hybridized carbons (Fsp3) is 0.400. The van der Waals surface area contributed by atoms with Crippen molar-refractivity contribution in [1.29, 1.82) is 0 Å². The zero-order chi connectivity index (χ0) is 11.5. The van der Waals surface area contributed by atoms with Crippen molar-refractivity contribution in [2.45, 2.75) is 11.2 Å². The van der Waals surface area contributed by atoms with Crippen molar-refractivity contribution in [3.8, 4) is 0 Å². The molecule has 1 aromatic heterocycles. The van der Waals surface area contributed by atoms with Crippen molar-refractivity contribution in [1.82, 2.24) is 15.1 Å². The van der Waals surface area contributed by atoms with Gasteiger partial charge in [-0.05, 0) is 6.07 Å². The number of halogens is 3. The quantitative estimate of drug-likeness (QED) is 0.741. The SMILES string of the molecule is O=S(=O)(NOCC(F)(F)F)c1ccn[nH]1. The molecule has 0 fully saturated rings. The van der Waals surface area contributed by atoms with E-state index < -0.39 is 22.8 Å². The minimum absolute atomic E-state index is 0.385. The smallest absolute Gasteiger partial charge is 0.277 e. The van der Waals surface area contributed by atoms with E-state index in [0.717, 1.165) is 12.3 Å². The van der Waals surface area contributed by atoms with Crippen LogP contribution in [0.25, 0.3) is 0 Å². The molecule has 6 nitrogen and oxygen atoms in total. The van der Waals surface area contributed by atoms with Crippen molar-refractivity contribution in [3.63, 3.8) is 0 Å². The third-order valence-electron chi connectivity index (χ3n) is 1.17. The van der Waals surface area contributed by atoms with E-state index in [-0.39, 0.29) is 5.03 Å². The minimum atomic E-state index is -4.60. The molecule has 0 aliphatic rings. The van der Waals surface area contributed by atoms with Crippen molar-refractivity contribution < 1.29 is 26.4 Å². The molecule has 1 heterocycles. The zero-order valence-corrected chi connectivity index (χ0v) is 7.89. The molecule has 0 unspecified atom stereocenters. The number of hydrogen-bond acceptors (Lipinski definition) is 4. The average Bonchev–Trinajstić information content (AvgIpc) is 2.52. The number of hydrogen-bond donors (Lipinski definition) is 2. The minimum Gasteiger partial charge on any atom is -0.277 e. The molecule has 0 bridgehead atoms. The van der Waals surface area contributed by atoms with Crippen LogP contribution < -0.4 is 4.89 Å². The Hall–Kier alpha value is -1.13. The molecule has 0 aromatic carbocycles. The molecule has 0 aliphatic carbocycles. The number of rotatable bonds is 4. The van der Waals surface area contributed by atoms with Crippen LogP contribution in [0.3, 0.4) is 0 Å². The van der Waals surface area contributed by atoms with Crippen molar-refractivity contribution in [2.24, 2.45) is 0 Å². The van der Waals surface area contributed by atoms with Gasteiger partial charge < -0.3 is 0 Å². The maximum Gasteiger partial charge on any atom is 0.413 e. The van der Waals surface area contributed by atoms with Gasteiger partial charge in [-0.2, -0.15) is 18.3 Å². The van der Waals surface area contributed by atoms with E-state index in [1.165, 1.54) is 4.89 Å². The lowest BCUT2D eigenvalue weighted by atomic mass is 10.7. The molecule has 2 N–H and O–H groups in total. The van der Waals surface area contributed by atoms with E-state index in [1.807, 2.05) is 0 Å². The molecule has 1 rings (SSSR count). The number of sulfonamides is 1. The van der Waals surface area contributed by atoms with Gasteiger partial charge in [-0.25, -0.2) is 8.42 Å². The topological polar surface area (TPSA) is 84.1 Å². The van der Waals surface area contributed by atoms with Crippen LogP contribution in [0, 0.1) is 0 Å². The second kappa shape index (κ2) is 4.16. The van der Waals surface area contributed by atoms with Crippen LogP contribution in [0.5, 0.6) is 0 Å². The van der Waals surface area contributed by atoms with Crippen LogP contribution >= 0.6 is 0 Å². The fourth-order valence-electron chi connectivity index (χ4n) is 0.627. The third-order valence-corrected chi connectivity index (χ3v) is 2.31. The van der Waals surface area contributed by atoms with Gasteiger partial charge in [0.2, 0.25) is 0 Å². The lowest BCUT2D eigenvalue weighted by Crippen LogP contribution is -2.29. The molecule has 0 aliphatic heterocycles. The van der Waals surface area contributed by atoms with Gasteiger partial charge in [-0.1, -0.05) is 4.89 Å². The highest BCUT2D eigenvalue weighted by atomic mass is 32.2. The first-order valence-corrected chi connectivity index (χ1v) is 4.99. The maximum absolute atomic E-state index is 11.6. The van der Waals surface area contributed by atoms with E-state index in [0.29, 0.717) is 0 Å². The molecule has 0 saturated carbocycles. The van der Waals surface area contributed by atoms with Gasteiger partial charge in [0.25, 0.3) is 10.0 Å². The Labute approximate surface area is 82.4 Å². The number of aromatic amines is 1. The van der Waals surface area contributed by atoms with Crippen LogP contribution in [0.2, 0.25) is 0 Å². The Morgan fingerprint density at radius 3 is 2.67 bits per heavy atom. The summed E-state index contributed by atoms with van der Waals surface area (Å²) in [5, 5.41) is 5.00. The summed E-state index contributed by atoms with van der Waals surface area (Å²) in [5.41, 5.74) is 0. The molecule has 0 spiro atoms. The van der Waals surface area contributed by atoms with E-state index >= 15 is 0 Å². The normalized spacial score (nSPS) is 13.0. The number of nitrogens with zero attached hydrogens (tertiary/aromatic N) is 1. The molecule has 15 heavy (non-hydrogen) atoms. The van der Waals surface area contributed by atoms with E-state index in [1.54, 1.807) is 0 Å². The van der Waals surface area contributed by atoms with Gasteiger partial charge >= 0.3 is 6.18 Å². The van der Waals surface area contributed by atoms with Crippen LogP contribution in [0.1, 0.15) is 0 Å². The standard InChI is InChI=1S/C5H6F3N3O3S/c6-5(7,8)3-14-11-15(12,13)4-1-2-9-10-4/h1-2,11H,3H2,(H,9,10). The lowest BCUT2D eigenvalue weighted by Gasteiger charge is -2.07. The van der Waals surface area contributed by atoms with Gasteiger partial charge in [0.15, 0.2) is 11.6 Å². The number of alkyl halides is 3. The molecule has 86 valence electrons. The first kappa shape index (κ1) is 11.9. The van der Waals surface area contributed by atoms with E-state index in [9.17, 15) is 21.6 Å². The summed E-state index contributed by atoms with van der Waals surface area (Å²) < 4.78 is 57.0. The van der Waals surface area contributed by atoms with Crippen molar-refractivity contribution in [3.05, 3.63) is 12.3 Å². The van der Waals surface area contributed by atoms with Crippen LogP contribution in [-0.2, 0) is 14.9 Å². The second-order valence-corrected chi connectivity index (χ2v) is 4.02. The molecule has 0 radical (unpaired) electrons. The van der Waals surface area contributed by atoms with Gasteiger partial charge in [0.05, 0.1) is 6.20 Å². The average molecular weight is 245 g/mol. The molecule has 0 saturated heterocycles. The molecule has 1 aromatic rings. The second-order valence-electron chi connectivity index (χ2n) is 2.41. The Bertz CT molecular complexity index is 399. The van der Waals surface area contributed by atoms with Gasteiger partial charge in [-0.3, -0.25) is 9.94 Å². The van der Waals surface area contributed by atoms with Gasteiger partial charge in [0.1, 0.15) is 0 Å². The Morgan fingerprint density at radius 2 is 2.20 bits per heavy atom. The van der Waals surface area contributed by atoms with E-state index in [4.69, 9.17) is 0 Å². The number of nitrogens with one attached hydrogen (secondary N) is 2. The third kappa shape index (κ3) is 3.85. The van der Waals surface area contributed by atoms with Crippen molar-refractivity contribution >= 4 is 10.0 Å². The summed E-state index contributed by atoms with van der Waals surface area (Å²) in [6, 6.07) is 1.07. The zero-order valence-electron chi connectivity index (χ0n) is 7.08. The van der Waals surface area contributed by atoms with Gasteiger partial charge in [0, 0.05) is 0 Å². The first-order chi connectivity index (χ1) is 6.81. The summed E-state index contributed by atoms with van der Waals surface area (Å²) in [5.74, 6) is 0. The Balaban J connectivity index is 2.53. The predicted molar refractivity (Wildman–Crippen MR) is 40.9 cm³/mol. The summed E-state index contributed by atoms with van der Waals surface area (Å²) >= 11 is 0. The Kier molecular flexibility index (Phi) is 3.31. The van der Waals surface area contributed by atoms with Crippen LogP contribution in [0.15, 0.2) is 17.3 Å². The summed E-state index contributed by atoms with van der Waals surface area (Å²) in [6.07, 6.45) is -3.46. The molecule has 0 atom stereocenters. The first-order valence-electron chi connectivity index (χ1n) is 3.51. The molecular formula is C5H6F3N3O3S. The van der Waals surface area contributed by atoms with Gasteiger partial charge in [-0.15, -0.1) is 0 Å². The summed E-state index contributed by atoms with van der Waals surface area (Å²) in [7, 11) is -4.13. The lowest BCUT2D eigenvalue weighted by molar-refractivity contribution is -0.181. The highest BCUT2D eigenvalue weighted by molar-refractivity contribution is 7.89. The molecule has 0 amide bonds. The fourth-order valence-corrected chi connectivity index (χ4v) is 1.34. The number of H-pyrrole nitrogens is 1. The van der Waals surface area contributed by atoms with Crippen LogP contribution in [-0.4, -0.2) is 31.4 Å². The maximum atomic E-state index is 11.6. The van der Waals surface area contributed by atoms with Crippen LogP contribution in [0.4, 0.5) is 13.2 Å². The summed E-state index contributed by atoms with van der Waals surface area (Å²) in [4.78, 5) is 5.07. The Morgan fingerprint density at radius 1 is 1.53 bits per heavy atom. The molecule has 10 heteroatoms. The summed E-state index contributed by atoms with van der Waals surface area (Å²) in [6.45, 7) is -1.71. The largest absolute Gasteiger partial charge is 0.413 e. The highest BCUT2D eigenvalue weighted by Gasteiger charge is 2.29.